The zero-order chi connectivity index (χ0) is 27.1. The molecule has 3 aromatic carbocycles. The molecule has 196 valence electrons. The number of aromatic nitrogens is 1. The van der Waals surface area contributed by atoms with Crippen LogP contribution in [0.2, 0.25) is 10.0 Å². The number of likely N-dealkylation sites (N-methyl/N-ethyl adjacent to an activating group) is 1. The highest BCUT2D eigenvalue weighted by Gasteiger charge is 2.26. The quantitative estimate of drug-likeness (QED) is 0.314. The van der Waals surface area contributed by atoms with Crippen molar-refractivity contribution in [2.75, 3.05) is 25.1 Å². The molecule has 0 amide bonds. The summed E-state index contributed by atoms with van der Waals surface area (Å²) in [7, 11) is 1.85. The van der Waals surface area contributed by atoms with E-state index in [4.69, 9.17) is 32.7 Å². The number of aliphatic carboxylic acids is 1. The highest BCUT2D eigenvalue weighted by molar-refractivity contribution is 6.34. The van der Waals surface area contributed by atoms with E-state index in [2.05, 4.69) is 0 Å². The van der Waals surface area contributed by atoms with Crippen molar-refractivity contribution in [1.29, 1.82) is 0 Å². The fraction of sp³-hybridized carbons (Fsp3) is 0.214. The maximum Gasteiger partial charge on any atom is 0.307 e. The smallest absolute Gasteiger partial charge is 0.307 e. The van der Waals surface area contributed by atoms with Crippen molar-refractivity contribution in [2.45, 2.75) is 19.4 Å². The first-order valence-corrected chi connectivity index (χ1v) is 12.5. The fourth-order valence-electron chi connectivity index (χ4n) is 4.76. The lowest BCUT2D eigenvalue weighted by Gasteiger charge is -2.33. The SMILES string of the molecule is Cc1c(CC(=O)O)c2cc(Cl)ccc2n1C(=O)c1ccc(OC[C@@H]2CN(C)c3cc(F)ccc3O2)cc1Cl. The summed E-state index contributed by atoms with van der Waals surface area (Å²) in [5.74, 6) is -0.712. The Kier molecular flexibility index (Phi) is 6.94. The van der Waals surface area contributed by atoms with E-state index >= 15 is 0 Å². The average Bonchev–Trinajstić information content (AvgIpc) is 3.13. The Labute approximate surface area is 227 Å². The molecule has 1 aliphatic rings. The summed E-state index contributed by atoms with van der Waals surface area (Å²) in [4.78, 5) is 27.0. The van der Waals surface area contributed by atoms with Gasteiger partial charge in [-0.2, -0.15) is 0 Å². The van der Waals surface area contributed by atoms with Crippen molar-refractivity contribution in [3.05, 3.63) is 87.3 Å². The Bertz CT molecular complexity index is 1590. The van der Waals surface area contributed by atoms with Crippen LogP contribution < -0.4 is 14.4 Å². The number of carboxylic acid groups (broad SMARTS) is 1. The highest BCUT2D eigenvalue weighted by atomic mass is 35.5. The van der Waals surface area contributed by atoms with Crippen molar-refractivity contribution in [1.82, 2.24) is 4.57 Å². The molecule has 0 fully saturated rings. The lowest BCUT2D eigenvalue weighted by Crippen LogP contribution is -2.41. The molecule has 38 heavy (non-hydrogen) atoms. The molecule has 0 saturated carbocycles. The number of rotatable bonds is 6. The monoisotopic (exact) mass is 556 g/mol. The topological polar surface area (TPSA) is 81.0 Å². The van der Waals surface area contributed by atoms with Gasteiger partial charge in [0.05, 0.1) is 34.8 Å². The minimum Gasteiger partial charge on any atom is -0.490 e. The van der Waals surface area contributed by atoms with E-state index < -0.39 is 11.9 Å². The number of benzene rings is 3. The summed E-state index contributed by atoms with van der Waals surface area (Å²) in [6.07, 6.45) is -0.548. The van der Waals surface area contributed by atoms with E-state index in [1.165, 1.54) is 16.7 Å². The van der Waals surface area contributed by atoms with Gasteiger partial charge in [-0.3, -0.25) is 14.2 Å². The van der Waals surface area contributed by atoms with Gasteiger partial charge in [0.2, 0.25) is 0 Å². The predicted molar refractivity (Wildman–Crippen MR) is 144 cm³/mol. The molecular weight excluding hydrogens is 534 g/mol. The molecule has 4 aromatic rings. The van der Waals surface area contributed by atoms with Crippen molar-refractivity contribution < 1.29 is 28.6 Å². The van der Waals surface area contributed by atoms with Gasteiger partial charge >= 0.3 is 5.97 Å². The standard InChI is InChI=1S/C28H23Cl2FN2O5/c1-15-21(12-27(34)35)22-9-16(29)3-7-24(22)33(15)28(36)20-6-5-18(11-23(20)30)37-14-19-13-32(2)25-10-17(31)4-8-26(25)38-19/h3-11,19H,12-14H2,1-2H3,(H,34,35)/t19-/m0/s1. The molecule has 0 bridgehead atoms. The van der Waals surface area contributed by atoms with E-state index in [0.29, 0.717) is 50.9 Å². The third-order valence-corrected chi connectivity index (χ3v) is 7.09. The van der Waals surface area contributed by atoms with E-state index in [9.17, 15) is 19.1 Å². The Balaban J connectivity index is 1.36. The maximum atomic E-state index is 13.6. The van der Waals surface area contributed by atoms with Gasteiger partial charge in [-0.15, -0.1) is 0 Å². The van der Waals surface area contributed by atoms with Gasteiger partial charge in [0.15, 0.2) is 0 Å². The number of carbonyl (C=O) groups excluding carboxylic acids is 1. The van der Waals surface area contributed by atoms with Gasteiger partial charge in [-0.1, -0.05) is 23.2 Å². The number of carbonyl (C=O) groups is 2. The van der Waals surface area contributed by atoms with Gasteiger partial charge in [0.25, 0.3) is 5.91 Å². The Morgan fingerprint density at radius 2 is 1.92 bits per heavy atom. The van der Waals surface area contributed by atoms with E-state index in [-0.39, 0.29) is 35.5 Å². The molecule has 1 N–H and O–H groups in total. The van der Waals surface area contributed by atoms with E-state index in [1.54, 1.807) is 49.4 Å². The fourth-order valence-corrected chi connectivity index (χ4v) is 5.18. The lowest BCUT2D eigenvalue weighted by molar-refractivity contribution is -0.136. The number of hydrogen-bond donors (Lipinski definition) is 1. The number of hydrogen-bond acceptors (Lipinski definition) is 5. The molecular formula is C28H23Cl2FN2O5. The molecule has 10 heteroatoms. The van der Waals surface area contributed by atoms with Gasteiger partial charge < -0.3 is 19.5 Å². The van der Waals surface area contributed by atoms with Crippen LogP contribution in [-0.2, 0) is 11.2 Å². The Morgan fingerprint density at radius 3 is 2.66 bits per heavy atom. The second-order valence-electron chi connectivity index (χ2n) is 9.12. The van der Waals surface area contributed by atoms with Crippen LogP contribution in [0.15, 0.2) is 54.6 Å². The van der Waals surface area contributed by atoms with Gasteiger partial charge in [-0.25, -0.2) is 4.39 Å². The minimum atomic E-state index is -1.01. The summed E-state index contributed by atoms with van der Waals surface area (Å²) < 4.78 is 26.9. The molecule has 7 nitrogen and oxygen atoms in total. The predicted octanol–water partition coefficient (Wildman–Crippen LogP) is 5.99. The molecule has 0 unspecified atom stereocenters. The lowest BCUT2D eigenvalue weighted by atomic mass is 10.1. The molecule has 0 radical (unpaired) electrons. The number of nitrogens with zero attached hydrogens (tertiary/aromatic N) is 2. The van der Waals surface area contributed by atoms with Crippen LogP contribution in [0.4, 0.5) is 10.1 Å². The van der Waals surface area contributed by atoms with E-state index in [0.717, 1.165) is 0 Å². The summed E-state index contributed by atoms with van der Waals surface area (Å²) in [6.45, 7) is 2.41. The van der Waals surface area contributed by atoms with Gasteiger partial charge in [0, 0.05) is 29.2 Å². The molecule has 1 aromatic heterocycles. The van der Waals surface area contributed by atoms with Crippen LogP contribution in [-0.4, -0.2) is 47.9 Å². The third-order valence-electron chi connectivity index (χ3n) is 6.54. The van der Waals surface area contributed by atoms with Gasteiger partial charge in [0.1, 0.15) is 30.0 Å². The highest BCUT2D eigenvalue weighted by Crippen LogP contribution is 2.34. The number of ether oxygens (including phenoxy) is 2. The normalized spacial score (nSPS) is 14.8. The maximum absolute atomic E-state index is 13.6. The zero-order valence-electron chi connectivity index (χ0n) is 20.5. The summed E-state index contributed by atoms with van der Waals surface area (Å²) in [6, 6.07) is 14.1. The first-order chi connectivity index (χ1) is 18.1. The Hall–Kier alpha value is -3.75. The van der Waals surface area contributed by atoms with Crippen molar-refractivity contribution in [3.8, 4) is 11.5 Å². The molecule has 0 spiro atoms. The zero-order valence-corrected chi connectivity index (χ0v) is 22.0. The molecule has 0 aliphatic carbocycles. The van der Waals surface area contributed by atoms with Crippen molar-refractivity contribution >= 4 is 51.7 Å². The first-order valence-electron chi connectivity index (χ1n) is 11.8. The van der Waals surface area contributed by atoms with Crippen LogP contribution in [0.3, 0.4) is 0 Å². The summed E-state index contributed by atoms with van der Waals surface area (Å²) in [5.41, 5.74) is 2.48. The molecule has 0 saturated heterocycles. The second kappa shape index (κ2) is 10.2. The second-order valence-corrected chi connectivity index (χ2v) is 9.97. The van der Waals surface area contributed by atoms with Crippen molar-refractivity contribution in [3.63, 3.8) is 0 Å². The average molecular weight is 557 g/mol. The molecule has 1 atom stereocenters. The third kappa shape index (κ3) is 4.89. The van der Waals surface area contributed by atoms with Crippen LogP contribution in [0.25, 0.3) is 10.9 Å². The molecule has 5 rings (SSSR count). The number of anilines is 1. The van der Waals surface area contributed by atoms with Crippen LogP contribution in [0.1, 0.15) is 21.6 Å². The van der Waals surface area contributed by atoms with Gasteiger partial charge in [-0.05, 0) is 61.0 Å². The Morgan fingerprint density at radius 1 is 1.13 bits per heavy atom. The number of halogens is 3. The molecule has 2 heterocycles. The summed E-state index contributed by atoms with van der Waals surface area (Å²) >= 11 is 12.7. The van der Waals surface area contributed by atoms with Crippen LogP contribution >= 0.6 is 23.2 Å². The van der Waals surface area contributed by atoms with Crippen LogP contribution in [0.5, 0.6) is 11.5 Å². The van der Waals surface area contributed by atoms with Crippen molar-refractivity contribution in [2.24, 2.45) is 0 Å². The van der Waals surface area contributed by atoms with Crippen LogP contribution in [0, 0.1) is 12.7 Å². The minimum absolute atomic E-state index is 0.185. The number of carboxylic acids is 1. The molecule has 1 aliphatic heterocycles. The first kappa shape index (κ1) is 25.9. The van der Waals surface area contributed by atoms with E-state index in [1.807, 2.05) is 11.9 Å². The summed E-state index contributed by atoms with van der Waals surface area (Å²) in [5, 5.41) is 10.6. The largest absolute Gasteiger partial charge is 0.490 e. The number of fused-ring (bicyclic) bond motifs is 2.